The molecule has 1 aromatic rings. The van der Waals surface area contributed by atoms with Gasteiger partial charge in [-0.1, -0.05) is 30.3 Å². The molecule has 1 atom stereocenters. The third kappa shape index (κ3) is 5.43. The third-order valence-corrected chi connectivity index (χ3v) is 3.11. The first kappa shape index (κ1) is 16.9. The smallest absolute Gasteiger partial charge is 0.374 e. The van der Waals surface area contributed by atoms with Crippen molar-refractivity contribution in [2.24, 2.45) is 0 Å². The lowest BCUT2D eigenvalue weighted by Crippen LogP contribution is -2.29. The van der Waals surface area contributed by atoms with E-state index in [1.165, 1.54) is 0 Å². The van der Waals surface area contributed by atoms with Gasteiger partial charge in [0.2, 0.25) is 0 Å². The first-order valence-corrected chi connectivity index (χ1v) is 6.84. The lowest BCUT2D eigenvalue weighted by atomic mass is 10.2. The second kappa shape index (κ2) is 7.00. The molecule has 0 N–H and O–H groups in total. The molecule has 0 heterocycles. The number of halogens is 4. The number of benzene rings is 1. The Bertz CT molecular complexity index is 501. The predicted molar refractivity (Wildman–Crippen MR) is 61.9 cm³/mol. The minimum absolute atomic E-state index is 0.0628. The second-order valence-corrected chi connectivity index (χ2v) is 5.39. The van der Waals surface area contributed by atoms with E-state index < -0.39 is 35.0 Å². The van der Waals surface area contributed by atoms with Crippen LogP contribution in [0.1, 0.15) is 5.56 Å². The largest absolute Gasteiger partial charge is 0.523 e. The van der Waals surface area contributed by atoms with Gasteiger partial charge in [0, 0.05) is 0 Å². The summed E-state index contributed by atoms with van der Waals surface area (Å²) in [5, 5.41) is 0. The number of hydrogen-bond acceptors (Lipinski definition) is 4. The van der Waals surface area contributed by atoms with Crippen LogP contribution in [0, 0.1) is 0 Å². The molecule has 0 radical (unpaired) electrons. The second-order valence-electron chi connectivity index (χ2n) is 3.78. The Balaban J connectivity index is 2.29. The molecule has 0 aliphatic carbocycles. The van der Waals surface area contributed by atoms with Gasteiger partial charge in [-0.2, -0.15) is 21.6 Å². The molecule has 0 fully saturated rings. The monoisotopic (exact) mass is 316 g/mol. The van der Waals surface area contributed by atoms with Crippen molar-refractivity contribution in [1.29, 1.82) is 0 Å². The SMILES string of the molecule is O=S(=O)(OC[C@@H](F)COCc1ccccc1)C(F)(F)F. The number of alkyl halides is 4. The molecule has 4 nitrogen and oxygen atoms in total. The molecule has 0 amide bonds. The van der Waals surface area contributed by atoms with E-state index in [0.717, 1.165) is 5.56 Å². The van der Waals surface area contributed by atoms with Gasteiger partial charge in [-0.3, -0.25) is 4.18 Å². The van der Waals surface area contributed by atoms with Crippen molar-refractivity contribution in [1.82, 2.24) is 0 Å². The van der Waals surface area contributed by atoms with Crippen molar-refractivity contribution in [2.45, 2.75) is 18.3 Å². The Morgan fingerprint density at radius 1 is 1.10 bits per heavy atom. The van der Waals surface area contributed by atoms with Crippen LogP contribution in [0.3, 0.4) is 0 Å². The van der Waals surface area contributed by atoms with Crippen LogP contribution in [0.5, 0.6) is 0 Å². The summed E-state index contributed by atoms with van der Waals surface area (Å²) < 4.78 is 78.3. The zero-order valence-corrected chi connectivity index (χ0v) is 11.0. The maximum Gasteiger partial charge on any atom is 0.523 e. The van der Waals surface area contributed by atoms with Gasteiger partial charge in [0.25, 0.3) is 0 Å². The van der Waals surface area contributed by atoms with Crippen LogP contribution >= 0.6 is 0 Å². The van der Waals surface area contributed by atoms with Crippen LogP contribution in [-0.2, 0) is 25.6 Å². The molecular formula is C11H12F4O4S. The molecule has 0 unspecified atom stereocenters. The molecule has 0 saturated carbocycles. The van der Waals surface area contributed by atoms with Crippen molar-refractivity contribution in [3.63, 3.8) is 0 Å². The quantitative estimate of drug-likeness (QED) is 0.440. The van der Waals surface area contributed by atoms with E-state index in [1.54, 1.807) is 30.3 Å². The normalized spacial score (nSPS) is 14.2. The lowest BCUT2D eigenvalue weighted by molar-refractivity contribution is -0.0564. The third-order valence-electron chi connectivity index (χ3n) is 2.10. The standard InChI is InChI=1S/C11H12F4O4S/c12-10(8-19-20(16,17)11(13,14)15)7-18-6-9-4-2-1-3-5-9/h1-5,10H,6-8H2/t10-/m0/s1. The highest BCUT2D eigenvalue weighted by molar-refractivity contribution is 7.87. The van der Waals surface area contributed by atoms with E-state index in [2.05, 4.69) is 4.18 Å². The van der Waals surface area contributed by atoms with Gasteiger partial charge in [0.1, 0.15) is 12.8 Å². The molecule has 0 aliphatic rings. The molecule has 1 rings (SSSR count). The summed E-state index contributed by atoms with van der Waals surface area (Å²) in [6.07, 6.45) is -1.98. The molecule has 0 aromatic heterocycles. The van der Waals surface area contributed by atoms with E-state index in [1.807, 2.05) is 0 Å². The highest BCUT2D eigenvalue weighted by Gasteiger charge is 2.47. The average molecular weight is 316 g/mol. The van der Waals surface area contributed by atoms with Gasteiger partial charge in [0.05, 0.1) is 13.2 Å². The molecule has 0 spiro atoms. The van der Waals surface area contributed by atoms with E-state index in [0.29, 0.717) is 0 Å². The van der Waals surface area contributed by atoms with Crippen LogP contribution in [0.25, 0.3) is 0 Å². The molecule has 9 heteroatoms. The fourth-order valence-electron chi connectivity index (χ4n) is 1.16. The van der Waals surface area contributed by atoms with E-state index in [9.17, 15) is 26.0 Å². The molecule has 1 aromatic carbocycles. The van der Waals surface area contributed by atoms with Crippen LogP contribution in [0.4, 0.5) is 17.6 Å². The Labute approximate surface area is 113 Å². The summed E-state index contributed by atoms with van der Waals surface area (Å²) in [5.74, 6) is 0. The topological polar surface area (TPSA) is 52.6 Å². The van der Waals surface area contributed by atoms with Gasteiger partial charge in [-0.25, -0.2) is 4.39 Å². The molecular weight excluding hydrogens is 304 g/mol. The highest BCUT2D eigenvalue weighted by atomic mass is 32.2. The van der Waals surface area contributed by atoms with Gasteiger partial charge >= 0.3 is 15.6 Å². The Hall–Kier alpha value is -1.19. The zero-order chi connectivity index (χ0) is 15.2. The minimum atomic E-state index is -5.77. The van der Waals surface area contributed by atoms with Crippen LogP contribution < -0.4 is 0 Å². The van der Waals surface area contributed by atoms with Crippen LogP contribution in [-0.4, -0.2) is 33.3 Å². The summed E-state index contributed by atoms with van der Waals surface area (Å²) in [6.45, 7) is -1.74. The lowest BCUT2D eigenvalue weighted by Gasteiger charge is -2.11. The molecule has 0 bridgehead atoms. The molecule has 0 aliphatic heterocycles. The minimum Gasteiger partial charge on any atom is -0.374 e. The van der Waals surface area contributed by atoms with Crippen LogP contribution in [0.15, 0.2) is 30.3 Å². The fourth-order valence-corrected chi connectivity index (χ4v) is 1.62. The highest BCUT2D eigenvalue weighted by Crippen LogP contribution is 2.24. The summed E-state index contributed by atoms with van der Waals surface area (Å²) in [7, 11) is -5.77. The summed E-state index contributed by atoms with van der Waals surface area (Å²) in [5.41, 5.74) is -4.80. The van der Waals surface area contributed by atoms with E-state index >= 15 is 0 Å². The Kier molecular flexibility index (Phi) is 5.90. The summed E-state index contributed by atoms with van der Waals surface area (Å²) >= 11 is 0. The zero-order valence-electron chi connectivity index (χ0n) is 10.1. The average Bonchev–Trinajstić information content (AvgIpc) is 2.36. The Morgan fingerprint density at radius 3 is 2.25 bits per heavy atom. The number of hydrogen-bond donors (Lipinski definition) is 0. The maximum absolute atomic E-state index is 13.1. The first-order valence-electron chi connectivity index (χ1n) is 5.44. The van der Waals surface area contributed by atoms with Crippen molar-refractivity contribution in [2.75, 3.05) is 13.2 Å². The maximum atomic E-state index is 13.1. The molecule has 20 heavy (non-hydrogen) atoms. The molecule has 114 valence electrons. The van der Waals surface area contributed by atoms with Gasteiger partial charge in [0.15, 0.2) is 0 Å². The van der Waals surface area contributed by atoms with Crippen molar-refractivity contribution < 1.29 is 34.9 Å². The number of ether oxygens (including phenoxy) is 1. The van der Waals surface area contributed by atoms with Crippen molar-refractivity contribution in [3.05, 3.63) is 35.9 Å². The van der Waals surface area contributed by atoms with Crippen molar-refractivity contribution >= 4 is 10.1 Å². The van der Waals surface area contributed by atoms with Gasteiger partial charge in [-0.15, -0.1) is 0 Å². The summed E-state index contributed by atoms with van der Waals surface area (Å²) in [4.78, 5) is 0. The van der Waals surface area contributed by atoms with Crippen LogP contribution in [0.2, 0.25) is 0 Å². The fraction of sp³-hybridized carbons (Fsp3) is 0.455. The van der Waals surface area contributed by atoms with E-state index in [4.69, 9.17) is 4.74 Å². The first-order chi connectivity index (χ1) is 9.22. The van der Waals surface area contributed by atoms with Gasteiger partial charge in [-0.05, 0) is 5.56 Å². The predicted octanol–water partition coefficient (Wildman–Crippen LogP) is 2.41. The Morgan fingerprint density at radius 2 is 1.70 bits per heavy atom. The van der Waals surface area contributed by atoms with E-state index in [-0.39, 0.29) is 6.61 Å². The van der Waals surface area contributed by atoms with Gasteiger partial charge < -0.3 is 4.74 Å². The number of rotatable bonds is 7. The van der Waals surface area contributed by atoms with Crippen molar-refractivity contribution in [3.8, 4) is 0 Å². The summed E-state index contributed by atoms with van der Waals surface area (Å²) in [6, 6.07) is 8.70. The molecule has 0 saturated heterocycles.